The zero-order valence-electron chi connectivity index (χ0n) is 9.79. The molecule has 8 heteroatoms. The van der Waals surface area contributed by atoms with Gasteiger partial charge in [-0.1, -0.05) is 0 Å². The van der Waals surface area contributed by atoms with Gasteiger partial charge in [0.15, 0.2) is 6.10 Å². The largest absolute Gasteiger partial charge is 0.479 e. The molecule has 17 heavy (non-hydrogen) atoms. The molecule has 0 fully saturated rings. The average Bonchev–Trinajstić information content (AvgIpc) is 2.25. The van der Waals surface area contributed by atoms with Crippen LogP contribution >= 0.6 is 0 Å². The minimum atomic E-state index is -1.64. The van der Waals surface area contributed by atoms with Crippen LogP contribution in [0.5, 0.6) is 0 Å². The SMILES string of the molecule is COCC(O)CN(C)C(=O)NCC(O)C(=O)O. The second-order valence-electron chi connectivity index (χ2n) is 3.53. The zero-order valence-corrected chi connectivity index (χ0v) is 9.79. The molecule has 0 saturated carbocycles. The lowest BCUT2D eigenvalue weighted by Crippen LogP contribution is -2.45. The summed E-state index contributed by atoms with van der Waals surface area (Å²) in [5.41, 5.74) is 0. The molecule has 0 spiro atoms. The standard InChI is InChI=1S/C9H18N2O6/c1-11(4-6(12)5-17-2)9(16)10-3-7(13)8(14)15/h6-7,12-13H,3-5H2,1-2H3,(H,10,16)(H,14,15). The third-order valence-corrected chi connectivity index (χ3v) is 1.92. The van der Waals surface area contributed by atoms with Gasteiger partial charge in [0.2, 0.25) is 0 Å². The number of nitrogens with one attached hydrogen (secondary N) is 1. The Morgan fingerprint density at radius 2 is 2.00 bits per heavy atom. The van der Waals surface area contributed by atoms with Gasteiger partial charge in [0.05, 0.1) is 25.8 Å². The third kappa shape index (κ3) is 6.72. The van der Waals surface area contributed by atoms with Crippen LogP contribution in [-0.4, -0.2) is 78.3 Å². The Morgan fingerprint density at radius 1 is 1.41 bits per heavy atom. The van der Waals surface area contributed by atoms with E-state index in [-0.39, 0.29) is 13.2 Å². The molecule has 0 heterocycles. The van der Waals surface area contributed by atoms with Crippen molar-refractivity contribution < 1.29 is 29.6 Å². The van der Waals surface area contributed by atoms with Crippen molar-refractivity contribution in [3.8, 4) is 0 Å². The molecule has 2 amide bonds. The van der Waals surface area contributed by atoms with E-state index in [2.05, 4.69) is 10.1 Å². The minimum absolute atomic E-state index is 0.0445. The maximum Gasteiger partial charge on any atom is 0.334 e. The van der Waals surface area contributed by atoms with Gasteiger partial charge < -0.3 is 30.3 Å². The Labute approximate surface area is 98.8 Å². The smallest absolute Gasteiger partial charge is 0.334 e. The van der Waals surface area contributed by atoms with E-state index in [4.69, 9.17) is 10.2 Å². The van der Waals surface area contributed by atoms with Crippen molar-refractivity contribution in [2.45, 2.75) is 12.2 Å². The van der Waals surface area contributed by atoms with Crippen LogP contribution in [0.3, 0.4) is 0 Å². The van der Waals surface area contributed by atoms with Crippen molar-refractivity contribution in [1.29, 1.82) is 0 Å². The van der Waals surface area contributed by atoms with Gasteiger partial charge in [0, 0.05) is 14.2 Å². The molecule has 0 rings (SSSR count). The summed E-state index contributed by atoms with van der Waals surface area (Å²) < 4.78 is 4.69. The van der Waals surface area contributed by atoms with Gasteiger partial charge in [-0.25, -0.2) is 9.59 Å². The number of nitrogens with zero attached hydrogens (tertiary/aromatic N) is 1. The molecule has 0 aliphatic rings. The van der Waals surface area contributed by atoms with E-state index in [9.17, 15) is 14.7 Å². The van der Waals surface area contributed by atoms with E-state index < -0.39 is 30.8 Å². The number of urea groups is 1. The van der Waals surface area contributed by atoms with E-state index >= 15 is 0 Å². The molecule has 0 aromatic heterocycles. The van der Waals surface area contributed by atoms with Crippen molar-refractivity contribution >= 4 is 12.0 Å². The molecule has 0 aliphatic heterocycles. The molecule has 0 aromatic carbocycles. The van der Waals surface area contributed by atoms with E-state index in [0.29, 0.717) is 0 Å². The first-order chi connectivity index (χ1) is 7.88. The highest BCUT2D eigenvalue weighted by atomic mass is 16.5. The second-order valence-corrected chi connectivity index (χ2v) is 3.53. The molecule has 8 nitrogen and oxygen atoms in total. The number of rotatable bonds is 7. The molecule has 0 saturated heterocycles. The van der Waals surface area contributed by atoms with Crippen molar-refractivity contribution in [2.75, 3.05) is 33.9 Å². The lowest BCUT2D eigenvalue weighted by molar-refractivity contribution is -0.146. The number of hydrogen-bond acceptors (Lipinski definition) is 5. The molecular weight excluding hydrogens is 232 g/mol. The molecule has 4 N–H and O–H groups in total. The van der Waals surface area contributed by atoms with Gasteiger partial charge >= 0.3 is 12.0 Å². The van der Waals surface area contributed by atoms with E-state index in [0.717, 1.165) is 4.90 Å². The van der Waals surface area contributed by atoms with E-state index in [1.165, 1.54) is 14.2 Å². The third-order valence-electron chi connectivity index (χ3n) is 1.92. The van der Waals surface area contributed by atoms with Gasteiger partial charge in [0.25, 0.3) is 0 Å². The summed E-state index contributed by atoms with van der Waals surface area (Å²) in [4.78, 5) is 22.8. The van der Waals surface area contributed by atoms with Crippen molar-refractivity contribution in [1.82, 2.24) is 10.2 Å². The van der Waals surface area contributed by atoms with Gasteiger partial charge in [-0.2, -0.15) is 0 Å². The van der Waals surface area contributed by atoms with Gasteiger partial charge in [-0.15, -0.1) is 0 Å². The minimum Gasteiger partial charge on any atom is -0.479 e. The Morgan fingerprint density at radius 3 is 2.47 bits per heavy atom. The van der Waals surface area contributed by atoms with Crippen LogP contribution in [0.2, 0.25) is 0 Å². The number of carbonyl (C=O) groups is 2. The molecule has 0 radical (unpaired) electrons. The maximum absolute atomic E-state index is 11.4. The summed E-state index contributed by atoms with van der Waals surface area (Å²) in [5.74, 6) is -1.41. The summed E-state index contributed by atoms with van der Waals surface area (Å²) >= 11 is 0. The fourth-order valence-corrected chi connectivity index (χ4v) is 1.05. The topological polar surface area (TPSA) is 119 Å². The lowest BCUT2D eigenvalue weighted by Gasteiger charge is -2.21. The first-order valence-corrected chi connectivity index (χ1v) is 4.95. The Hall–Kier alpha value is -1.38. The van der Waals surface area contributed by atoms with Gasteiger partial charge in [-0.05, 0) is 0 Å². The fourth-order valence-electron chi connectivity index (χ4n) is 1.05. The molecule has 0 aromatic rings. The van der Waals surface area contributed by atoms with Crippen molar-refractivity contribution in [3.05, 3.63) is 0 Å². The normalized spacial score (nSPS) is 13.9. The maximum atomic E-state index is 11.4. The van der Waals surface area contributed by atoms with Crippen LogP contribution in [0.15, 0.2) is 0 Å². The van der Waals surface area contributed by atoms with E-state index in [1.807, 2.05) is 0 Å². The average molecular weight is 250 g/mol. The summed E-state index contributed by atoms with van der Waals surface area (Å²) in [5, 5.41) is 28.9. The number of aliphatic carboxylic acids is 1. The quantitative estimate of drug-likeness (QED) is 0.418. The highest BCUT2D eigenvalue weighted by Gasteiger charge is 2.17. The van der Waals surface area contributed by atoms with Gasteiger partial charge in [0.1, 0.15) is 0 Å². The molecule has 0 aliphatic carbocycles. The number of likely N-dealkylation sites (N-methyl/N-ethyl adjacent to an activating group) is 1. The van der Waals surface area contributed by atoms with Gasteiger partial charge in [-0.3, -0.25) is 0 Å². The predicted molar refractivity (Wildman–Crippen MR) is 57.6 cm³/mol. The van der Waals surface area contributed by atoms with E-state index in [1.54, 1.807) is 0 Å². The summed E-state index contributed by atoms with van der Waals surface area (Å²) in [7, 11) is 2.86. The number of methoxy groups -OCH3 is 1. The lowest BCUT2D eigenvalue weighted by atomic mass is 10.3. The highest BCUT2D eigenvalue weighted by molar-refractivity contribution is 5.76. The number of amides is 2. The monoisotopic (exact) mass is 250 g/mol. The van der Waals surface area contributed by atoms with Crippen LogP contribution in [-0.2, 0) is 9.53 Å². The van der Waals surface area contributed by atoms with Crippen molar-refractivity contribution in [3.63, 3.8) is 0 Å². The first-order valence-electron chi connectivity index (χ1n) is 4.95. The van der Waals surface area contributed by atoms with Crippen LogP contribution in [0.1, 0.15) is 0 Å². The molecule has 2 atom stereocenters. The fraction of sp³-hybridized carbons (Fsp3) is 0.778. The van der Waals surface area contributed by atoms with Crippen LogP contribution < -0.4 is 5.32 Å². The van der Waals surface area contributed by atoms with Crippen LogP contribution in [0.4, 0.5) is 4.79 Å². The predicted octanol–water partition coefficient (Wildman–Crippen LogP) is -1.92. The molecule has 100 valence electrons. The Bertz CT molecular complexity index is 260. The Balaban J connectivity index is 3.93. The number of aliphatic hydroxyl groups is 2. The molecular formula is C9H18N2O6. The molecule has 0 bridgehead atoms. The van der Waals surface area contributed by atoms with Crippen LogP contribution in [0, 0.1) is 0 Å². The second kappa shape index (κ2) is 7.82. The van der Waals surface area contributed by atoms with Crippen LogP contribution in [0.25, 0.3) is 0 Å². The number of aliphatic hydroxyl groups excluding tert-OH is 2. The summed E-state index contributed by atoms with van der Waals surface area (Å²) in [6.45, 7) is -0.253. The Kier molecular flexibility index (Phi) is 7.19. The first kappa shape index (κ1) is 15.6. The highest BCUT2D eigenvalue weighted by Crippen LogP contribution is 1.91. The zero-order chi connectivity index (χ0) is 13.4. The van der Waals surface area contributed by atoms with Crippen molar-refractivity contribution in [2.24, 2.45) is 0 Å². The number of hydrogen-bond donors (Lipinski definition) is 4. The number of ether oxygens (including phenoxy) is 1. The summed E-state index contributed by atoms with van der Waals surface area (Å²) in [6, 6.07) is -0.583. The summed E-state index contributed by atoms with van der Waals surface area (Å²) in [6.07, 6.45) is -2.46. The number of carbonyl (C=O) groups excluding carboxylic acids is 1. The molecule has 2 unspecified atom stereocenters. The number of carboxylic acids is 1. The number of carboxylic acid groups (broad SMARTS) is 1.